The van der Waals surface area contributed by atoms with E-state index in [-0.39, 0.29) is 23.2 Å². The van der Waals surface area contributed by atoms with Gasteiger partial charge in [-0.25, -0.2) is 0 Å². The SMILES string of the molecule is Cc1ccc(C(=O)Nc2ccc(N3CCCCC3)c(C(=O)NC3CC3)c2)cc1[N+](=O)[O-]. The molecule has 2 N–H and O–H groups in total. The second-order valence-electron chi connectivity index (χ2n) is 8.24. The van der Waals surface area contributed by atoms with Crippen molar-refractivity contribution >= 4 is 28.9 Å². The summed E-state index contributed by atoms with van der Waals surface area (Å²) in [6.45, 7) is 3.44. The van der Waals surface area contributed by atoms with Crippen LogP contribution >= 0.6 is 0 Å². The van der Waals surface area contributed by atoms with Crippen LogP contribution in [0.3, 0.4) is 0 Å². The Morgan fingerprint density at radius 1 is 1.03 bits per heavy atom. The summed E-state index contributed by atoms with van der Waals surface area (Å²) in [5, 5.41) is 17.0. The largest absolute Gasteiger partial charge is 0.371 e. The first-order valence-electron chi connectivity index (χ1n) is 10.7. The van der Waals surface area contributed by atoms with Crippen molar-refractivity contribution in [2.45, 2.75) is 45.1 Å². The molecule has 2 aliphatic rings. The van der Waals surface area contributed by atoms with E-state index in [1.807, 2.05) is 6.07 Å². The van der Waals surface area contributed by atoms with Gasteiger partial charge in [-0.2, -0.15) is 0 Å². The molecule has 2 aromatic carbocycles. The van der Waals surface area contributed by atoms with Crippen molar-refractivity contribution in [2.24, 2.45) is 0 Å². The topological polar surface area (TPSA) is 105 Å². The molecule has 0 unspecified atom stereocenters. The van der Waals surface area contributed by atoms with E-state index in [4.69, 9.17) is 0 Å². The van der Waals surface area contributed by atoms with Crippen LogP contribution in [-0.4, -0.2) is 35.9 Å². The van der Waals surface area contributed by atoms with Crippen molar-refractivity contribution in [1.82, 2.24) is 5.32 Å². The van der Waals surface area contributed by atoms with E-state index < -0.39 is 10.8 Å². The number of amides is 2. The van der Waals surface area contributed by atoms with E-state index in [9.17, 15) is 19.7 Å². The smallest absolute Gasteiger partial charge is 0.273 e. The number of anilines is 2. The Hall–Kier alpha value is -3.42. The van der Waals surface area contributed by atoms with Gasteiger partial charge in [0.05, 0.1) is 10.5 Å². The number of hydrogen-bond acceptors (Lipinski definition) is 5. The zero-order chi connectivity index (χ0) is 22.0. The summed E-state index contributed by atoms with van der Waals surface area (Å²) >= 11 is 0. The van der Waals surface area contributed by atoms with Gasteiger partial charge in [0.2, 0.25) is 0 Å². The van der Waals surface area contributed by atoms with Crippen LogP contribution in [0.5, 0.6) is 0 Å². The number of benzene rings is 2. The van der Waals surface area contributed by atoms with E-state index >= 15 is 0 Å². The fourth-order valence-electron chi connectivity index (χ4n) is 3.85. The van der Waals surface area contributed by atoms with Crippen LogP contribution in [0.4, 0.5) is 17.1 Å². The highest BCUT2D eigenvalue weighted by Crippen LogP contribution is 2.29. The van der Waals surface area contributed by atoms with Gasteiger partial charge in [0.15, 0.2) is 0 Å². The monoisotopic (exact) mass is 422 g/mol. The predicted molar refractivity (Wildman–Crippen MR) is 119 cm³/mol. The average molecular weight is 422 g/mol. The van der Waals surface area contributed by atoms with Crippen molar-refractivity contribution in [3.63, 3.8) is 0 Å². The first kappa shape index (κ1) is 20.8. The first-order chi connectivity index (χ1) is 14.9. The highest BCUT2D eigenvalue weighted by Gasteiger charge is 2.26. The maximum absolute atomic E-state index is 12.9. The molecule has 1 saturated carbocycles. The Morgan fingerprint density at radius 3 is 2.45 bits per heavy atom. The highest BCUT2D eigenvalue weighted by molar-refractivity contribution is 6.06. The van der Waals surface area contributed by atoms with E-state index in [2.05, 4.69) is 15.5 Å². The molecule has 8 heteroatoms. The molecule has 4 rings (SSSR count). The van der Waals surface area contributed by atoms with E-state index in [1.165, 1.54) is 12.5 Å². The number of nitro benzene ring substituents is 1. The van der Waals surface area contributed by atoms with Crippen LogP contribution < -0.4 is 15.5 Å². The molecule has 0 atom stereocenters. The number of nitrogens with one attached hydrogen (secondary N) is 2. The molecular weight excluding hydrogens is 396 g/mol. The Kier molecular flexibility index (Phi) is 5.88. The van der Waals surface area contributed by atoms with Crippen molar-refractivity contribution < 1.29 is 14.5 Å². The zero-order valence-corrected chi connectivity index (χ0v) is 17.5. The fourth-order valence-corrected chi connectivity index (χ4v) is 3.85. The third-order valence-corrected chi connectivity index (χ3v) is 5.78. The standard InChI is InChI=1S/C23H26N4O4/c1-15-5-6-16(13-21(15)27(30)31)22(28)25-18-9-10-20(26-11-3-2-4-12-26)19(14-18)23(29)24-17-7-8-17/h5-6,9-10,13-14,17H,2-4,7-8,11-12H2,1H3,(H,24,29)(H,25,28). The van der Waals surface area contributed by atoms with Gasteiger partial charge in [0.25, 0.3) is 17.5 Å². The zero-order valence-electron chi connectivity index (χ0n) is 17.5. The summed E-state index contributed by atoms with van der Waals surface area (Å²) in [6.07, 6.45) is 5.36. The van der Waals surface area contributed by atoms with Crippen LogP contribution in [0.25, 0.3) is 0 Å². The van der Waals surface area contributed by atoms with Crippen molar-refractivity contribution in [2.75, 3.05) is 23.3 Å². The summed E-state index contributed by atoms with van der Waals surface area (Å²) in [5.74, 6) is -0.590. The molecule has 1 saturated heterocycles. The lowest BCUT2D eigenvalue weighted by atomic mass is 10.1. The molecule has 1 aliphatic carbocycles. The van der Waals surface area contributed by atoms with Crippen LogP contribution in [-0.2, 0) is 0 Å². The molecule has 0 bridgehead atoms. The number of rotatable bonds is 6. The van der Waals surface area contributed by atoms with Gasteiger partial charge in [-0.05, 0) is 63.3 Å². The lowest BCUT2D eigenvalue weighted by Crippen LogP contribution is -2.33. The van der Waals surface area contributed by atoms with E-state index in [0.29, 0.717) is 16.8 Å². The minimum absolute atomic E-state index is 0.0994. The van der Waals surface area contributed by atoms with Gasteiger partial charge in [-0.3, -0.25) is 19.7 Å². The molecule has 8 nitrogen and oxygen atoms in total. The van der Waals surface area contributed by atoms with Gasteiger partial charge >= 0.3 is 0 Å². The number of nitrogens with zero attached hydrogens (tertiary/aromatic N) is 2. The van der Waals surface area contributed by atoms with Crippen molar-refractivity contribution in [3.05, 3.63) is 63.2 Å². The fraction of sp³-hybridized carbons (Fsp3) is 0.391. The maximum atomic E-state index is 12.9. The summed E-state index contributed by atoms with van der Waals surface area (Å²) in [7, 11) is 0. The quantitative estimate of drug-likeness (QED) is 0.540. The average Bonchev–Trinajstić information content (AvgIpc) is 3.58. The van der Waals surface area contributed by atoms with Crippen LogP contribution in [0.15, 0.2) is 36.4 Å². The number of carbonyl (C=O) groups excluding carboxylic acids is 2. The number of nitro groups is 1. The van der Waals surface area contributed by atoms with Gasteiger partial charge in [-0.1, -0.05) is 6.07 Å². The third-order valence-electron chi connectivity index (χ3n) is 5.78. The lowest BCUT2D eigenvalue weighted by molar-refractivity contribution is -0.385. The molecule has 1 aliphatic heterocycles. The molecule has 2 fully saturated rings. The second-order valence-corrected chi connectivity index (χ2v) is 8.24. The summed E-state index contributed by atoms with van der Waals surface area (Å²) in [4.78, 5) is 38.5. The maximum Gasteiger partial charge on any atom is 0.273 e. The molecule has 2 amide bonds. The van der Waals surface area contributed by atoms with Crippen LogP contribution in [0.1, 0.15) is 58.4 Å². The van der Waals surface area contributed by atoms with Crippen molar-refractivity contribution in [3.8, 4) is 0 Å². The Bertz CT molecular complexity index is 1030. The van der Waals surface area contributed by atoms with Crippen LogP contribution in [0.2, 0.25) is 0 Å². The van der Waals surface area contributed by atoms with Crippen molar-refractivity contribution in [1.29, 1.82) is 0 Å². The molecule has 0 spiro atoms. The highest BCUT2D eigenvalue weighted by atomic mass is 16.6. The summed E-state index contributed by atoms with van der Waals surface area (Å²) in [6, 6.07) is 9.96. The van der Waals surface area contributed by atoms with Crippen LogP contribution in [0, 0.1) is 17.0 Å². The molecule has 2 aromatic rings. The normalized spacial score (nSPS) is 16.0. The van der Waals surface area contributed by atoms with Gasteiger partial charge < -0.3 is 15.5 Å². The summed E-state index contributed by atoms with van der Waals surface area (Å²) < 4.78 is 0. The van der Waals surface area contributed by atoms with Gasteiger partial charge in [0, 0.05) is 47.7 Å². The number of carbonyl (C=O) groups is 2. The number of hydrogen-bond donors (Lipinski definition) is 2. The van der Waals surface area contributed by atoms with Gasteiger partial charge in [0.1, 0.15) is 0 Å². The lowest BCUT2D eigenvalue weighted by Gasteiger charge is -2.30. The molecule has 0 aromatic heterocycles. The minimum atomic E-state index is -0.500. The molecule has 1 heterocycles. The predicted octanol–water partition coefficient (Wildman–Crippen LogP) is 4.04. The third kappa shape index (κ3) is 4.84. The number of aryl methyl sites for hydroxylation is 1. The molecule has 0 radical (unpaired) electrons. The number of piperidine rings is 1. The Balaban J connectivity index is 1.59. The van der Waals surface area contributed by atoms with Gasteiger partial charge in [-0.15, -0.1) is 0 Å². The first-order valence-corrected chi connectivity index (χ1v) is 10.7. The Labute approximate surface area is 180 Å². The summed E-state index contributed by atoms with van der Waals surface area (Å²) in [5.41, 5.74) is 2.49. The Morgan fingerprint density at radius 2 is 1.77 bits per heavy atom. The van der Waals surface area contributed by atoms with E-state index in [1.54, 1.807) is 31.2 Å². The second kappa shape index (κ2) is 8.75. The van der Waals surface area contributed by atoms with E-state index in [0.717, 1.165) is 44.5 Å². The molecule has 31 heavy (non-hydrogen) atoms. The molecule has 162 valence electrons. The minimum Gasteiger partial charge on any atom is -0.371 e. The molecular formula is C23H26N4O4.